The lowest BCUT2D eigenvalue weighted by atomic mass is 9.47. The Labute approximate surface area is 124 Å². The van der Waals surface area contributed by atoms with Crippen LogP contribution in [-0.2, 0) is 19.1 Å². The van der Waals surface area contributed by atoms with Crippen LogP contribution in [0.2, 0.25) is 0 Å². The van der Waals surface area contributed by atoms with E-state index < -0.39 is 16.9 Å². The zero-order valence-electron chi connectivity index (χ0n) is 12.8. The molecule has 2 rings (SSSR count). The molecule has 7 heteroatoms. The van der Waals surface area contributed by atoms with Crippen molar-refractivity contribution in [2.75, 3.05) is 33.4 Å². The highest BCUT2D eigenvalue weighted by atomic mass is 16.5. The predicted molar refractivity (Wildman–Crippen MR) is 74.6 cm³/mol. The SMILES string of the molecule is COCCN(CC(=O)O)C(=O)C1(N)C2CCOC2C1(C)C. The van der Waals surface area contributed by atoms with Crippen molar-refractivity contribution in [3.8, 4) is 0 Å². The molecule has 1 aliphatic heterocycles. The van der Waals surface area contributed by atoms with Crippen LogP contribution >= 0.6 is 0 Å². The first-order chi connectivity index (χ1) is 9.76. The molecule has 1 saturated heterocycles. The highest BCUT2D eigenvalue weighted by molar-refractivity contribution is 5.91. The molecule has 120 valence electrons. The van der Waals surface area contributed by atoms with Gasteiger partial charge in [-0.05, 0) is 6.42 Å². The van der Waals surface area contributed by atoms with Gasteiger partial charge in [0.2, 0.25) is 5.91 Å². The molecule has 1 aliphatic carbocycles. The van der Waals surface area contributed by atoms with E-state index in [4.69, 9.17) is 20.3 Å². The molecule has 0 spiro atoms. The maximum absolute atomic E-state index is 12.9. The van der Waals surface area contributed by atoms with Crippen LogP contribution in [0.1, 0.15) is 20.3 Å². The van der Waals surface area contributed by atoms with Gasteiger partial charge in [0.05, 0.1) is 12.7 Å². The normalized spacial score (nSPS) is 33.1. The first kappa shape index (κ1) is 16.2. The number of aliphatic carboxylic acids is 1. The van der Waals surface area contributed by atoms with Gasteiger partial charge in [0.15, 0.2) is 0 Å². The van der Waals surface area contributed by atoms with E-state index in [0.717, 1.165) is 6.42 Å². The van der Waals surface area contributed by atoms with Crippen LogP contribution < -0.4 is 5.73 Å². The van der Waals surface area contributed by atoms with E-state index in [2.05, 4.69) is 0 Å². The number of nitrogens with two attached hydrogens (primary N) is 1. The number of methoxy groups -OCH3 is 1. The van der Waals surface area contributed by atoms with Crippen LogP contribution in [-0.4, -0.2) is 66.9 Å². The molecular weight excluding hydrogens is 276 g/mol. The van der Waals surface area contributed by atoms with E-state index in [0.29, 0.717) is 6.61 Å². The number of ether oxygens (including phenoxy) is 2. The maximum Gasteiger partial charge on any atom is 0.323 e. The number of carbonyl (C=O) groups is 2. The van der Waals surface area contributed by atoms with Gasteiger partial charge in [-0.2, -0.15) is 0 Å². The summed E-state index contributed by atoms with van der Waals surface area (Å²) < 4.78 is 10.6. The lowest BCUT2D eigenvalue weighted by Gasteiger charge is -2.61. The summed E-state index contributed by atoms with van der Waals surface area (Å²) in [7, 11) is 1.51. The lowest BCUT2D eigenvalue weighted by Crippen LogP contribution is -2.80. The number of hydrogen-bond acceptors (Lipinski definition) is 5. The number of fused-ring (bicyclic) bond motifs is 1. The predicted octanol–water partition coefficient (Wildman–Crippen LogP) is -0.312. The van der Waals surface area contributed by atoms with Crippen molar-refractivity contribution in [3.05, 3.63) is 0 Å². The Morgan fingerprint density at radius 1 is 1.48 bits per heavy atom. The summed E-state index contributed by atoms with van der Waals surface area (Å²) in [6.07, 6.45) is 0.710. The number of carboxylic acids is 1. The second kappa shape index (κ2) is 5.55. The van der Waals surface area contributed by atoms with Crippen molar-refractivity contribution in [3.63, 3.8) is 0 Å². The molecule has 0 aromatic rings. The zero-order chi connectivity index (χ0) is 15.8. The minimum absolute atomic E-state index is 0.0273. The van der Waals surface area contributed by atoms with Crippen LogP contribution in [0.25, 0.3) is 0 Å². The molecule has 21 heavy (non-hydrogen) atoms. The van der Waals surface area contributed by atoms with Crippen LogP contribution in [0.3, 0.4) is 0 Å². The fraction of sp³-hybridized carbons (Fsp3) is 0.857. The molecule has 0 aromatic heterocycles. The van der Waals surface area contributed by atoms with E-state index in [1.54, 1.807) is 0 Å². The van der Waals surface area contributed by atoms with Crippen molar-refractivity contribution in [1.29, 1.82) is 0 Å². The molecule has 1 saturated carbocycles. The lowest BCUT2D eigenvalue weighted by molar-refractivity contribution is -0.185. The molecule has 2 fully saturated rings. The average molecular weight is 300 g/mol. The van der Waals surface area contributed by atoms with Gasteiger partial charge in [-0.3, -0.25) is 9.59 Å². The molecule has 0 bridgehead atoms. The number of rotatable bonds is 6. The zero-order valence-corrected chi connectivity index (χ0v) is 12.8. The van der Waals surface area contributed by atoms with Gasteiger partial charge in [-0.1, -0.05) is 13.8 Å². The van der Waals surface area contributed by atoms with Gasteiger partial charge >= 0.3 is 5.97 Å². The monoisotopic (exact) mass is 300 g/mol. The van der Waals surface area contributed by atoms with Gasteiger partial charge in [0, 0.05) is 31.6 Å². The van der Waals surface area contributed by atoms with E-state index in [-0.39, 0.29) is 37.6 Å². The minimum Gasteiger partial charge on any atom is -0.480 e. The second-order valence-corrected chi connectivity index (χ2v) is 6.39. The number of nitrogens with zero attached hydrogens (tertiary/aromatic N) is 1. The highest BCUT2D eigenvalue weighted by Gasteiger charge is 2.71. The number of amides is 1. The molecule has 2 aliphatic rings. The third-order valence-electron chi connectivity index (χ3n) is 4.99. The van der Waals surface area contributed by atoms with E-state index in [1.807, 2.05) is 13.8 Å². The number of carboxylic acid groups (broad SMARTS) is 1. The Morgan fingerprint density at radius 3 is 2.71 bits per heavy atom. The summed E-state index contributed by atoms with van der Waals surface area (Å²) in [6, 6.07) is 0. The summed E-state index contributed by atoms with van der Waals surface area (Å²) in [5.41, 5.74) is 4.88. The highest BCUT2D eigenvalue weighted by Crippen LogP contribution is 2.58. The van der Waals surface area contributed by atoms with E-state index in [1.165, 1.54) is 12.0 Å². The number of carbonyl (C=O) groups excluding carboxylic acids is 1. The third-order valence-corrected chi connectivity index (χ3v) is 4.99. The summed E-state index contributed by atoms with van der Waals surface area (Å²) in [5, 5.41) is 9.01. The Bertz CT molecular complexity index is 439. The molecule has 0 radical (unpaired) electrons. The van der Waals surface area contributed by atoms with Crippen molar-refractivity contribution in [2.24, 2.45) is 17.1 Å². The topological polar surface area (TPSA) is 102 Å². The summed E-state index contributed by atoms with van der Waals surface area (Å²) in [4.78, 5) is 25.2. The Balaban J connectivity index is 2.20. The Morgan fingerprint density at radius 2 is 2.14 bits per heavy atom. The molecule has 3 unspecified atom stereocenters. The maximum atomic E-state index is 12.9. The second-order valence-electron chi connectivity index (χ2n) is 6.39. The van der Waals surface area contributed by atoms with Crippen LogP contribution in [0.15, 0.2) is 0 Å². The van der Waals surface area contributed by atoms with Crippen molar-refractivity contribution >= 4 is 11.9 Å². The molecule has 3 N–H and O–H groups in total. The molecule has 3 atom stereocenters. The van der Waals surface area contributed by atoms with Crippen LogP contribution in [0.4, 0.5) is 0 Å². The fourth-order valence-corrected chi connectivity index (χ4v) is 3.70. The van der Waals surface area contributed by atoms with Crippen molar-refractivity contribution < 1.29 is 24.2 Å². The van der Waals surface area contributed by atoms with E-state index >= 15 is 0 Å². The van der Waals surface area contributed by atoms with Crippen molar-refractivity contribution in [2.45, 2.75) is 31.9 Å². The van der Waals surface area contributed by atoms with Crippen LogP contribution in [0.5, 0.6) is 0 Å². The minimum atomic E-state index is -1.07. The van der Waals surface area contributed by atoms with Gasteiger partial charge in [0.1, 0.15) is 12.1 Å². The summed E-state index contributed by atoms with van der Waals surface area (Å²) in [5.74, 6) is -1.42. The summed E-state index contributed by atoms with van der Waals surface area (Å²) >= 11 is 0. The number of hydrogen-bond donors (Lipinski definition) is 2. The molecule has 0 aromatic carbocycles. The fourth-order valence-electron chi connectivity index (χ4n) is 3.70. The third kappa shape index (κ3) is 2.33. The van der Waals surface area contributed by atoms with Gasteiger partial charge in [-0.25, -0.2) is 0 Å². The Kier molecular flexibility index (Phi) is 4.28. The van der Waals surface area contributed by atoms with Gasteiger partial charge < -0.3 is 25.2 Å². The quantitative estimate of drug-likeness (QED) is 0.697. The molecule has 1 amide bonds. The van der Waals surface area contributed by atoms with Crippen LogP contribution in [0, 0.1) is 11.3 Å². The van der Waals surface area contributed by atoms with Gasteiger partial charge in [0.25, 0.3) is 0 Å². The molecule has 1 heterocycles. The summed E-state index contributed by atoms with van der Waals surface area (Å²) in [6.45, 7) is 4.55. The van der Waals surface area contributed by atoms with Gasteiger partial charge in [-0.15, -0.1) is 0 Å². The average Bonchev–Trinajstić information content (AvgIpc) is 2.89. The van der Waals surface area contributed by atoms with E-state index in [9.17, 15) is 9.59 Å². The first-order valence-electron chi connectivity index (χ1n) is 7.17. The standard InChI is InChI=1S/C14H24N2O5/c1-13(2)11-9(4-6-21-11)14(13,15)12(19)16(5-7-20-3)8-10(17)18/h9,11H,4-8,15H2,1-3H3,(H,17,18). The largest absolute Gasteiger partial charge is 0.480 e. The smallest absolute Gasteiger partial charge is 0.323 e. The molecule has 7 nitrogen and oxygen atoms in total. The molecular formula is C14H24N2O5. The first-order valence-corrected chi connectivity index (χ1v) is 7.17. The Hall–Kier alpha value is -1.18. The van der Waals surface area contributed by atoms with Crippen molar-refractivity contribution in [1.82, 2.24) is 4.90 Å².